The molecule has 1 aliphatic rings. The predicted octanol–water partition coefficient (Wildman–Crippen LogP) is 9.20. The topological polar surface area (TPSA) is 26.3 Å². The Morgan fingerprint density at radius 2 is 1.69 bits per heavy atom. The van der Waals surface area contributed by atoms with E-state index < -0.39 is 0 Å². The third-order valence-corrected chi connectivity index (χ3v) is 6.41. The molecule has 2 heteroatoms. The Balaban J connectivity index is 2.34. The van der Waals surface area contributed by atoms with E-state index in [0.29, 0.717) is 13.0 Å². The summed E-state index contributed by atoms with van der Waals surface area (Å²) in [6.07, 6.45) is 25.6. The normalized spacial score (nSPS) is 17.6. The Kier molecular flexibility index (Phi) is 14.0. The molecule has 0 amide bonds. The number of hydrogen-bond acceptors (Lipinski definition) is 2. The number of allylic oxidation sites excluding steroid dienone is 9. The molecule has 2 nitrogen and oxygen atoms in total. The lowest BCUT2D eigenvalue weighted by molar-refractivity contribution is -0.142. The summed E-state index contributed by atoms with van der Waals surface area (Å²) in [5, 5.41) is 0. The molecule has 0 unspecified atom stereocenters. The van der Waals surface area contributed by atoms with E-state index in [0.717, 1.165) is 18.4 Å². The minimum absolute atomic E-state index is 0.0808. The van der Waals surface area contributed by atoms with Crippen LogP contribution in [0.25, 0.3) is 0 Å². The number of ether oxygens (including phenoxy) is 1. The van der Waals surface area contributed by atoms with Gasteiger partial charge in [0.1, 0.15) is 6.61 Å². The van der Waals surface area contributed by atoms with Crippen LogP contribution in [0.4, 0.5) is 0 Å². The maximum absolute atomic E-state index is 11.8. The first-order valence-electron chi connectivity index (χ1n) is 12.8. The van der Waals surface area contributed by atoms with Crippen molar-refractivity contribution in [3.8, 4) is 0 Å². The summed E-state index contributed by atoms with van der Waals surface area (Å²) in [6, 6.07) is 0. The van der Waals surface area contributed by atoms with E-state index in [2.05, 4.69) is 65.0 Å². The molecule has 180 valence electrons. The molecule has 0 aromatic rings. The van der Waals surface area contributed by atoms with Gasteiger partial charge in [-0.05, 0) is 63.5 Å². The summed E-state index contributed by atoms with van der Waals surface area (Å²) in [6.45, 7) is 13.7. The summed E-state index contributed by atoms with van der Waals surface area (Å²) < 4.78 is 5.34. The number of rotatable bonds is 14. The monoisotopic (exact) mass is 440 g/mol. The van der Waals surface area contributed by atoms with Gasteiger partial charge in [-0.3, -0.25) is 4.79 Å². The highest BCUT2D eigenvalue weighted by molar-refractivity contribution is 5.69. The van der Waals surface area contributed by atoms with Crippen molar-refractivity contribution in [1.82, 2.24) is 0 Å². The molecule has 1 rings (SSSR count). The molecule has 0 aliphatic heterocycles. The van der Waals surface area contributed by atoms with E-state index in [4.69, 9.17) is 4.74 Å². The molecule has 0 spiro atoms. The quantitative estimate of drug-likeness (QED) is 0.153. The molecule has 32 heavy (non-hydrogen) atoms. The first kappa shape index (κ1) is 28.2. The van der Waals surface area contributed by atoms with E-state index in [-0.39, 0.29) is 11.4 Å². The molecule has 0 N–H and O–H groups in total. The maximum atomic E-state index is 11.8. The van der Waals surface area contributed by atoms with Crippen LogP contribution in [0.1, 0.15) is 112 Å². The Morgan fingerprint density at radius 1 is 1.00 bits per heavy atom. The molecule has 0 aromatic heterocycles. The van der Waals surface area contributed by atoms with E-state index in [1.165, 1.54) is 68.1 Å². The molecule has 0 fully saturated rings. The van der Waals surface area contributed by atoms with Gasteiger partial charge in [-0.2, -0.15) is 0 Å². The molecule has 0 aromatic carbocycles. The maximum Gasteiger partial charge on any atom is 0.306 e. The molecular weight excluding hydrogens is 392 g/mol. The van der Waals surface area contributed by atoms with Crippen molar-refractivity contribution in [2.24, 2.45) is 5.41 Å². The smallest absolute Gasteiger partial charge is 0.306 e. The van der Waals surface area contributed by atoms with Crippen molar-refractivity contribution in [3.63, 3.8) is 0 Å². The van der Waals surface area contributed by atoms with Gasteiger partial charge in [-0.1, -0.05) is 106 Å². The predicted molar refractivity (Wildman–Crippen MR) is 140 cm³/mol. The van der Waals surface area contributed by atoms with E-state index in [1.807, 2.05) is 13.0 Å². The van der Waals surface area contributed by atoms with Gasteiger partial charge in [0.15, 0.2) is 0 Å². The molecule has 0 heterocycles. The van der Waals surface area contributed by atoms with Gasteiger partial charge in [0.05, 0.1) is 0 Å². The van der Waals surface area contributed by atoms with Gasteiger partial charge in [0.2, 0.25) is 0 Å². The average molecular weight is 441 g/mol. The number of carbonyl (C=O) groups is 1. The van der Waals surface area contributed by atoms with Crippen LogP contribution in [0.15, 0.2) is 58.7 Å². The molecule has 0 bridgehead atoms. The van der Waals surface area contributed by atoms with Crippen LogP contribution >= 0.6 is 0 Å². The standard InChI is InChI=1S/C30H48O2/c1-7-8-9-10-11-12-13-19-29(31)32-24-22-26(3)17-14-16-25(2)20-21-28-27(4)18-15-23-30(28,5)6/h14,16-17,20-22H,7-13,15,18-19,23-24H2,1-6H3/b17-14+,21-20+,25-16+,26-22+. The van der Waals surface area contributed by atoms with Crippen LogP contribution < -0.4 is 0 Å². The molecule has 0 saturated carbocycles. The minimum Gasteiger partial charge on any atom is -0.461 e. The SMILES string of the molecule is CCCCCCCCCC(=O)OC/C=C(C)/C=C/C=C(C)/C=C/C1=C(C)CCCC1(C)C. The molecule has 0 radical (unpaired) electrons. The van der Waals surface area contributed by atoms with E-state index in [1.54, 1.807) is 0 Å². The zero-order chi connectivity index (χ0) is 23.8. The van der Waals surface area contributed by atoms with Gasteiger partial charge >= 0.3 is 5.97 Å². The summed E-state index contributed by atoms with van der Waals surface area (Å²) in [5.41, 5.74) is 5.64. The first-order valence-corrected chi connectivity index (χ1v) is 12.8. The van der Waals surface area contributed by atoms with Gasteiger partial charge in [-0.15, -0.1) is 0 Å². The number of esters is 1. The number of unbranched alkanes of at least 4 members (excludes halogenated alkanes) is 6. The summed E-state index contributed by atoms with van der Waals surface area (Å²) >= 11 is 0. The number of hydrogen-bond donors (Lipinski definition) is 0. The lowest BCUT2D eigenvalue weighted by Gasteiger charge is -2.32. The number of carbonyl (C=O) groups excluding carboxylic acids is 1. The van der Waals surface area contributed by atoms with Crippen LogP contribution in [0.3, 0.4) is 0 Å². The third kappa shape index (κ3) is 12.3. The fraction of sp³-hybridized carbons (Fsp3) is 0.633. The summed E-state index contributed by atoms with van der Waals surface area (Å²) in [4.78, 5) is 11.8. The van der Waals surface area contributed by atoms with Crippen LogP contribution in [0.5, 0.6) is 0 Å². The summed E-state index contributed by atoms with van der Waals surface area (Å²) in [7, 11) is 0. The largest absolute Gasteiger partial charge is 0.461 e. The zero-order valence-corrected chi connectivity index (χ0v) is 21.8. The summed E-state index contributed by atoms with van der Waals surface area (Å²) in [5.74, 6) is -0.0808. The lowest BCUT2D eigenvalue weighted by Crippen LogP contribution is -2.19. The first-order chi connectivity index (χ1) is 15.3. The second-order valence-corrected chi connectivity index (χ2v) is 10.0. The van der Waals surface area contributed by atoms with Gasteiger partial charge < -0.3 is 4.74 Å². The highest BCUT2D eigenvalue weighted by Gasteiger charge is 2.26. The molecule has 0 atom stereocenters. The Hall–Kier alpha value is -1.83. The van der Waals surface area contributed by atoms with Crippen LogP contribution in [0, 0.1) is 5.41 Å². The Labute approximate surface area is 198 Å². The average Bonchev–Trinajstić information content (AvgIpc) is 2.72. The van der Waals surface area contributed by atoms with Crippen LogP contribution in [-0.4, -0.2) is 12.6 Å². The molecule has 0 saturated heterocycles. The van der Waals surface area contributed by atoms with Gasteiger partial charge in [0, 0.05) is 6.42 Å². The lowest BCUT2D eigenvalue weighted by atomic mass is 9.72. The Morgan fingerprint density at radius 3 is 2.38 bits per heavy atom. The molecule has 1 aliphatic carbocycles. The van der Waals surface area contributed by atoms with Crippen molar-refractivity contribution in [2.75, 3.05) is 6.61 Å². The third-order valence-electron chi connectivity index (χ3n) is 6.41. The zero-order valence-electron chi connectivity index (χ0n) is 21.8. The van der Waals surface area contributed by atoms with Crippen LogP contribution in [0.2, 0.25) is 0 Å². The Bertz CT molecular complexity index is 713. The van der Waals surface area contributed by atoms with Crippen LogP contribution in [-0.2, 0) is 9.53 Å². The second kappa shape index (κ2) is 15.9. The highest BCUT2D eigenvalue weighted by atomic mass is 16.5. The van der Waals surface area contributed by atoms with Gasteiger partial charge in [0.25, 0.3) is 0 Å². The van der Waals surface area contributed by atoms with Crippen molar-refractivity contribution in [1.29, 1.82) is 0 Å². The van der Waals surface area contributed by atoms with Crippen molar-refractivity contribution < 1.29 is 9.53 Å². The fourth-order valence-electron chi connectivity index (χ4n) is 4.27. The fourth-order valence-corrected chi connectivity index (χ4v) is 4.27. The second-order valence-electron chi connectivity index (χ2n) is 10.0. The van der Waals surface area contributed by atoms with E-state index >= 15 is 0 Å². The van der Waals surface area contributed by atoms with Crippen molar-refractivity contribution in [3.05, 3.63) is 58.7 Å². The minimum atomic E-state index is -0.0808. The molecular formula is C30H48O2. The van der Waals surface area contributed by atoms with Gasteiger partial charge in [-0.25, -0.2) is 0 Å². The van der Waals surface area contributed by atoms with E-state index in [9.17, 15) is 4.79 Å². The van der Waals surface area contributed by atoms with Crippen molar-refractivity contribution in [2.45, 2.75) is 112 Å². The van der Waals surface area contributed by atoms with Crippen molar-refractivity contribution >= 4 is 5.97 Å². The highest BCUT2D eigenvalue weighted by Crippen LogP contribution is 2.40.